The Balaban J connectivity index is 1.95. The van der Waals surface area contributed by atoms with E-state index in [1.54, 1.807) is 38.4 Å². The summed E-state index contributed by atoms with van der Waals surface area (Å²) in [5.74, 6) is -0.324. The third kappa shape index (κ3) is 3.17. The molecule has 1 fully saturated rings. The normalized spacial score (nSPS) is 16.1. The molecule has 0 aromatic heterocycles. The molecule has 0 radical (unpaired) electrons. The predicted molar refractivity (Wildman–Crippen MR) is 75.6 cm³/mol. The van der Waals surface area contributed by atoms with Crippen LogP contribution in [0.2, 0.25) is 0 Å². The van der Waals surface area contributed by atoms with Gasteiger partial charge in [-0.2, -0.15) is 0 Å². The molecule has 0 aliphatic heterocycles. The lowest BCUT2D eigenvalue weighted by atomic mass is 9.80. The summed E-state index contributed by atoms with van der Waals surface area (Å²) in [6, 6.07) is 6.51. The number of hydrogen-bond acceptors (Lipinski definition) is 3. The molecule has 0 bridgehead atoms. The molecule has 0 saturated heterocycles. The highest BCUT2D eigenvalue weighted by Gasteiger charge is 2.34. The van der Waals surface area contributed by atoms with Crippen molar-refractivity contribution in [3.63, 3.8) is 0 Å². The summed E-state index contributed by atoms with van der Waals surface area (Å²) < 4.78 is 0. The molecule has 2 N–H and O–H groups in total. The molecule has 0 unspecified atom stereocenters. The van der Waals surface area contributed by atoms with Crippen molar-refractivity contribution in [1.29, 1.82) is 0 Å². The number of aliphatic hydroxyl groups is 1. The average molecular weight is 276 g/mol. The van der Waals surface area contributed by atoms with E-state index in [1.165, 1.54) is 4.90 Å². The van der Waals surface area contributed by atoms with E-state index >= 15 is 0 Å². The van der Waals surface area contributed by atoms with Crippen LogP contribution in [-0.4, -0.2) is 48.1 Å². The van der Waals surface area contributed by atoms with Crippen LogP contribution >= 0.6 is 0 Å². The topological polar surface area (TPSA) is 69.6 Å². The van der Waals surface area contributed by atoms with Crippen LogP contribution in [0.25, 0.3) is 0 Å². The van der Waals surface area contributed by atoms with E-state index < -0.39 is 5.60 Å². The minimum absolute atomic E-state index is 0.0965. The van der Waals surface area contributed by atoms with Crippen LogP contribution in [0.4, 0.5) is 0 Å². The van der Waals surface area contributed by atoms with Crippen LogP contribution in [0, 0.1) is 0 Å². The van der Waals surface area contributed by atoms with Crippen molar-refractivity contribution in [3.05, 3.63) is 35.4 Å². The van der Waals surface area contributed by atoms with Crippen LogP contribution < -0.4 is 5.32 Å². The van der Waals surface area contributed by atoms with Gasteiger partial charge in [-0.1, -0.05) is 0 Å². The molecule has 1 saturated carbocycles. The number of carbonyl (C=O) groups excluding carboxylic acids is 2. The first-order chi connectivity index (χ1) is 9.41. The lowest BCUT2D eigenvalue weighted by Crippen LogP contribution is -2.47. The summed E-state index contributed by atoms with van der Waals surface area (Å²) in [5.41, 5.74) is 0.309. The first-order valence-electron chi connectivity index (χ1n) is 6.74. The lowest BCUT2D eigenvalue weighted by molar-refractivity contribution is -0.0300. The summed E-state index contributed by atoms with van der Waals surface area (Å²) in [6.07, 6.45) is 2.49. The third-order valence-corrected chi connectivity index (χ3v) is 3.66. The molecule has 108 valence electrons. The van der Waals surface area contributed by atoms with Gasteiger partial charge in [0.25, 0.3) is 11.8 Å². The number of hydrogen-bond donors (Lipinski definition) is 2. The number of nitrogens with zero attached hydrogens (tertiary/aromatic N) is 1. The first kappa shape index (κ1) is 14.5. The van der Waals surface area contributed by atoms with Gasteiger partial charge in [-0.15, -0.1) is 0 Å². The van der Waals surface area contributed by atoms with E-state index in [2.05, 4.69) is 5.32 Å². The van der Waals surface area contributed by atoms with Gasteiger partial charge < -0.3 is 15.3 Å². The summed E-state index contributed by atoms with van der Waals surface area (Å²) in [4.78, 5) is 25.1. The highest BCUT2D eigenvalue weighted by Crippen LogP contribution is 2.30. The van der Waals surface area contributed by atoms with Crippen molar-refractivity contribution < 1.29 is 14.7 Å². The Morgan fingerprint density at radius 1 is 1.20 bits per heavy atom. The van der Waals surface area contributed by atoms with Crippen LogP contribution in [0.1, 0.15) is 40.0 Å². The molecular weight excluding hydrogens is 256 g/mol. The van der Waals surface area contributed by atoms with E-state index in [1.807, 2.05) is 0 Å². The van der Waals surface area contributed by atoms with Crippen LogP contribution in [0.3, 0.4) is 0 Å². The van der Waals surface area contributed by atoms with Crippen molar-refractivity contribution in [3.8, 4) is 0 Å². The smallest absolute Gasteiger partial charge is 0.253 e. The van der Waals surface area contributed by atoms with Crippen LogP contribution in [0.15, 0.2) is 24.3 Å². The molecule has 2 rings (SSSR count). The molecule has 1 aliphatic carbocycles. The van der Waals surface area contributed by atoms with Crippen molar-refractivity contribution in [2.24, 2.45) is 0 Å². The van der Waals surface area contributed by atoms with Gasteiger partial charge in [-0.05, 0) is 43.5 Å². The largest absolute Gasteiger partial charge is 0.388 e. The second kappa shape index (κ2) is 5.63. The maximum atomic E-state index is 11.9. The molecule has 2 amide bonds. The van der Waals surface area contributed by atoms with E-state index in [0.717, 1.165) is 19.3 Å². The Morgan fingerprint density at radius 2 is 1.75 bits per heavy atom. The Morgan fingerprint density at radius 3 is 2.20 bits per heavy atom. The Hall–Kier alpha value is -1.88. The van der Waals surface area contributed by atoms with Crippen molar-refractivity contribution in [2.45, 2.75) is 24.9 Å². The van der Waals surface area contributed by atoms with Gasteiger partial charge in [0, 0.05) is 31.8 Å². The standard InChI is InChI=1S/C15H20N2O3/c1-17(2)14(19)12-6-4-11(5-7-12)13(18)16-10-15(20)8-3-9-15/h4-7,20H,3,8-10H2,1-2H3,(H,16,18). The highest BCUT2D eigenvalue weighted by atomic mass is 16.3. The molecule has 20 heavy (non-hydrogen) atoms. The van der Waals surface area contributed by atoms with Gasteiger partial charge in [0.2, 0.25) is 0 Å². The number of amides is 2. The van der Waals surface area contributed by atoms with E-state index in [0.29, 0.717) is 11.1 Å². The van der Waals surface area contributed by atoms with Crippen LogP contribution in [0.5, 0.6) is 0 Å². The Labute approximate surface area is 118 Å². The van der Waals surface area contributed by atoms with E-state index in [9.17, 15) is 14.7 Å². The van der Waals surface area contributed by atoms with Gasteiger partial charge in [0.1, 0.15) is 0 Å². The van der Waals surface area contributed by atoms with E-state index in [4.69, 9.17) is 0 Å². The Kier molecular flexibility index (Phi) is 4.09. The molecule has 0 heterocycles. The molecule has 5 nitrogen and oxygen atoms in total. The molecule has 1 aromatic rings. The van der Waals surface area contributed by atoms with Crippen molar-refractivity contribution >= 4 is 11.8 Å². The van der Waals surface area contributed by atoms with Crippen LogP contribution in [-0.2, 0) is 0 Å². The van der Waals surface area contributed by atoms with Crippen molar-refractivity contribution in [2.75, 3.05) is 20.6 Å². The zero-order valence-electron chi connectivity index (χ0n) is 11.8. The monoisotopic (exact) mass is 276 g/mol. The van der Waals surface area contributed by atoms with Gasteiger partial charge in [0.15, 0.2) is 0 Å². The fourth-order valence-corrected chi connectivity index (χ4v) is 2.13. The van der Waals surface area contributed by atoms with E-state index in [-0.39, 0.29) is 18.4 Å². The van der Waals surface area contributed by atoms with Gasteiger partial charge >= 0.3 is 0 Å². The van der Waals surface area contributed by atoms with Gasteiger partial charge in [-0.3, -0.25) is 9.59 Å². The number of nitrogens with one attached hydrogen (secondary N) is 1. The Bertz CT molecular complexity index is 504. The molecular formula is C15H20N2O3. The third-order valence-electron chi connectivity index (χ3n) is 3.66. The molecule has 1 aromatic carbocycles. The van der Waals surface area contributed by atoms with Gasteiger partial charge in [-0.25, -0.2) is 0 Å². The summed E-state index contributed by atoms with van der Waals surface area (Å²) in [7, 11) is 3.37. The SMILES string of the molecule is CN(C)C(=O)c1ccc(C(=O)NCC2(O)CCC2)cc1. The summed E-state index contributed by atoms with van der Waals surface area (Å²) >= 11 is 0. The molecule has 1 aliphatic rings. The quantitative estimate of drug-likeness (QED) is 0.863. The zero-order chi connectivity index (χ0) is 14.8. The maximum absolute atomic E-state index is 11.9. The second-order valence-electron chi connectivity index (χ2n) is 5.54. The minimum atomic E-state index is -0.726. The maximum Gasteiger partial charge on any atom is 0.253 e. The number of rotatable bonds is 4. The average Bonchev–Trinajstić information content (AvgIpc) is 2.42. The molecule has 5 heteroatoms. The summed E-state index contributed by atoms with van der Waals surface area (Å²) in [5, 5.41) is 12.6. The second-order valence-corrected chi connectivity index (χ2v) is 5.54. The predicted octanol–water partition coefficient (Wildman–Crippen LogP) is 1.03. The lowest BCUT2D eigenvalue weighted by Gasteiger charge is -2.36. The summed E-state index contributed by atoms with van der Waals surface area (Å²) in [6.45, 7) is 0.282. The highest BCUT2D eigenvalue weighted by molar-refractivity contribution is 5.97. The van der Waals surface area contributed by atoms with Crippen molar-refractivity contribution in [1.82, 2.24) is 10.2 Å². The minimum Gasteiger partial charge on any atom is -0.388 e. The molecule has 0 spiro atoms. The fourth-order valence-electron chi connectivity index (χ4n) is 2.13. The van der Waals surface area contributed by atoms with Gasteiger partial charge in [0.05, 0.1) is 5.60 Å². The molecule has 0 atom stereocenters. The zero-order valence-corrected chi connectivity index (χ0v) is 11.8. The number of benzene rings is 1. The number of carbonyl (C=O) groups is 2. The first-order valence-corrected chi connectivity index (χ1v) is 6.74. The fraction of sp³-hybridized carbons (Fsp3) is 0.467.